The third-order valence-electron chi connectivity index (χ3n) is 4.21. The minimum absolute atomic E-state index is 0.00933. The number of halogens is 3. The van der Waals surface area contributed by atoms with Gasteiger partial charge in [-0.05, 0) is 65.0 Å². The van der Waals surface area contributed by atoms with E-state index in [-0.39, 0.29) is 29.4 Å². The van der Waals surface area contributed by atoms with Crippen LogP contribution in [0.5, 0.6) is 5.75 Å². The first-order valence-electron chi connectivity index (χ1n) is 8.81. The number of nitrogens with two attached hydrogens (primary N) is 1. The van der Waals surface area contributed by atoms with Gasteiger partial charge >= 0.3 is 12.1 Å². The first-order valence-corrected chi connectivity index (χ1v) is 8.81. The molecular formula is C19H26F3NO3. The molecule has 4 nitrogen and oxygen atoms in total. The minimum Gasteiger partial charge on any atom is -0.490 e. The van der Waals surface area contributed by atoms with E-state index < -0.39 is 17.3 Å². The summed E-state index contributed by atoms with van der Waals surface area (Å²) in [6.07, 6.45) is -1.42. The lowest BCUT2D eigenvalue weighted by Gasteiger charge is -2.23. The van der Waals surface area contributed by atoms with Crippen molar-refractivity contribution in [1.29, 1.82) is 0 Å². The van der Waals surface area contributed by atoms with E-state index in [1.165, 1.54) is 6.07 Å². The molecule has 2 rings (SSSR count). The first kappa shape index (κ1) is 20.4. The molecule has 7 heteroatoms. The van der Waals surface area contributed by atoms with Crippen molar-refractivity contribution in [3.05, 3.63) is 23.8 Å². The zero-order valence-electron chi connectivity index (χ0n) is 15.4. The van der Waals surface area contributed by atoms with Crippen LogP contribution >= 0.6 is 0 Å². The van der Waals surface area contributed by atoms with Crippen LogP contribution in [0.15, 0.2) is 18.2 Å². The highest BCUT2D eigenvalue weighted by Crippen LogP contribution is 2.35. The fraction of sp³-hybridized carbons (Fsp3) is 0.632. The summed E-state index contributed by atoms with van der Waals surface area (Å²) in [7, 11) is 0. The Hall–Kier alpha value is -1.92. The summed E-state index contributed by atoms with van der Waals surface area (Å²) in [6, 6.07) is 3.25. The number of anilines is 1. The first-order chi connectivity index (χ1) is 11.9. The standard InChI is InChI=1S/C19H26F3NO3/c1-18(2,3)26-17(24)12-5-4-6-15(8-7-12)25-16-10-13(19(20,21)22)9-14(23)11-16/h9-12,15H,4-8,23H2,1-3H3. The SMILES string of the molecule is CC(C)(C)OC(=O)C1CCCC(Oc2cc(N)cc(C(F)(F)F)c2)CC1. The van der Waals surface area contributed by atoms with Crippen molar-refractivity contribution in [3.8, 4) is 5.75 Å². The van der Waals surface area contributed by atoms with E-state index in [4.69, 9.17) is 15.2 Å². The van der Waals surface area contributed by atoms with Crippen LogP contribution in [0, 0.1) is 5.92 Å². The van der Waals surface area contributed by atoms with E-state index in [9.17, 15) is 18.0 Å². The monoisotopic (exact) mass is 373 g/mol. The number of alkyl halides is 3. The van der Waals surface area contributed by atoms with Gasteiger partial charge in [0, 0.05) is 11.8 Å². The van der Waals surface area contributed by atoms with E-state index in [1.54, 1.807) is 0 Å². The smallest absolute Gasteiger partial charge is 0.416 e. The average Bonchev–Trinajstić information content (AvgIpc) is 2.69. The fourth-order valence-electron chi connectivity index (χ4n) is 3.05. The molecule has 0 amide bonds. The Morgan fingerprint density at radius 2 is 1.77 bits per heavy atom. The van der Waals surface area contributed by atoms with Crippen molar-refractivity contribution in [2.24, 2.45) is 5.92 Å². The maximum Gasteiger partial charge on any atom is 0.416 e. The van der Waals surface area contributed by atoms with Crippen LogP contribution in [-0.4, -0.2) is 17.7 Å². The summed E-state index contributed by atoms with van der Waals surface area (Å²) in [6.45, 7) is 5.47. The van der Waals surface area contributed by atoms with Crippen molar-refractivity contribution in [3.63, 3.8) is 0 Å². The van der Waals surface area contributed by atoms with Crippen LogP contribution in [0.3, 0.4) is 0 Å². The number of hydrogen-bond acceptors (Lipinski definition) is 4. The topological polar surface area (TPSA) is 61.5 Å². The Balaban J connectivity index is 2.00. The number of carbonyl (C=O) groups is 1. The van der Waals surface area contributed by atoms with Gasteiger partial charge < -0.3 is 15.2 Å². The van der Waals surface area contributed by atoms with Gasteiger partial charge in [-0.15, -0.1) is 0 Å². The molecule has 2 unspecified atom stereocenters. The molecule has 0 aromatic heterocycles. The molecule has 0 spiro atoms. The molecule has 146 valence electrons. The normalized spacial score (nSPS) is 21.8. The van der Waals surface area contributed by atoms with Gasteiger partial charge in [-0.1, -0.05) is 0 Å². The molecule has 0 heterocycles. The Morgan fingerprint density at radius 3 is 2.38 bits per heavy atom. The third kappa shape index (κ3) is 6.11. The van der Waals surface area contributed by atoms with Crippen LogP contribution in [0.1, 0.15) is 58.4 Å². The van der Waals surface area contributed by atoms with Gasteiger partial charge in [-0.2, -0.15) is 13.2 Å². The van der Waals surface area contributed by atoms with Gasteiger partial charge in [0.15, 0.2) is 0 Å². The van der Waals surface area contributed by atoms with Crippen molar-refractivity contribution in [1.82, 2.24) is 0 Å². The lowest BCUT2D eigenvalue weighted by Crippen LogP contribution is -2.28. The molecule has 2 N–H and O–H groups in total. The van der Waals surface area contributed by atoms with Crippen molar-refractivity contribution in [2.45, 2.75) is 70.8 Å². The molecule has 0 saturated heterocycles. The maximum absolute atomic E-state index is 12.9. The van der Waals surface area contributed by atoms with Crippen LogP contribution in [-0.2, 0) is 15.7 Å². The summed E-state index contributed by atoms with van der Waals surface area (Å²) >= 11 is 0. The molecule has 0 bridgehead atoms. The summed E-state index contributed by atoms with van der Waals surface area (Å²) < 4.78 is 49.9. The van der Waals surface area contributed by atoms with Gasteiger partial charge in [0.1, 0.15) is 11.4 Å². The summed E-state index contributed by atoms with van der Waals surface area (Å²) in [5.74, 6) is -0.311. The summed E-state index contributed by atoms with van der Waals surface area (Å²) in [5.41, 5.74) is 4.22. The van der Waals surface area contributed by atoms with Gasteiger partial charge in [0.2, 0.25) is 0 Å². The number of esters is 1. The number of benzene rings is 1. The average molecular weight is 373 g/mol. The summed E-state index contributed by atoms with van der Waals surface area (Å²) in [5, 5.41) is 0. The lowest BCUT2D eigenvalue weighted by molar-refractivity contribution is -0.160. The van der Waals surface area contributed by atoms with E-state index in [0.717, 1.165) is 18.6 Å². The quantitative estimate of drug-likeness (QED) is 0.462. The number of hydrogen-bond donors (Lipinski definition) is 1. The lowest BCUT2D eigenvalue weighted by atomic mass is 10.0. The molecule has 0 radical (unpaired) electrons. The Labute approximate surface area is 151 Å². The zero-order valence-corrected chi connectivity index (χ0v) is 15.4. The molecule has 1 saturated carbocycles. The summed E-state index contributed by atoms with van der Waals surface area (Å²) in [4.78, 5) is 12.2. The van der Waals surface area contributed by atoms with Crippen molar-refractivity contribution in [2.75, 3.05) is 5.73 Å². The van der Waals surface area contributed by atoms with Crippen molar-refractivity contribution < 1.29 is 27.4 Å². The number of rotatable bonds is 3. The Kier molecular flexibility index (Phi) is 6.09. The van der Waals surface area contributed by atoms with Crippen molar-refractivity contribution >= 4 is 11.7 Å². The molecule has 1 aromatic rings. The molecule has 26 heavy (non-hydrogen) atoms. The minimum atomic E-state index is -4.47. The van der Waals surface area contributed by atoms with Crippen LogP contribution < -0.4 is 10.5 Å². The van der Waals surface area contributed by atoms with Crippen LogP contribution in [0.4, 0.5) is 18.9 Å². The highest BCUT2D eigenvalue weighted by molar-refractivity contribution is 5.72. The molecule has 1 fully saturated rings. The molecule has 2 atom stereocenters. The fourth-order valence-corrected chi connectivity index (χ4v) is 3.05. The largest absolute Gasteiger partial charge is 0.490 e. The Bertz CT molecular complexity index is 638. The van der Waals surface area contributed by atoms with Gasteiger partial charge in [0.25, 0.3) is 0 Å². The number of nitrogen functional groups attached to an aromatic ring is 1. The zero-order chi connectivity index (χ0) is 19.5. The van der Waals surface area contributed by atoms with E-state index >= 15 is 0 Å². The predicted octanol–water partition coefficient (Wildman–Crippen LogP) is 4.96. The Morgan fingerprint density at radius 1 is 1.08 bits per heavy atom. The number of ether oxygens (including phenoxy) is 2. The maximum atomic E-state index is 12.9. The van der Waals surface area contributed by atoms with E-state index in [2.05, 4.69) is 0 Å². The van der Waals surface area contributed by atoms with E-state index in [1.807, 2.05) is 20.8 Å². The molecule has 1 aliphatic rings. The second-order valence-corrected chi connectivity index (χ2v) is 7.77. The molecule has 1 aliphatic carbocycles. The van der Waals surface area contributed by atoms with Gasteiger partial charge in [-0.3, -0.25) is 4.79 Å². The van der Waals surface area contributed by atoms with E-state index in [0.29, 0.717) is 25.7 Å². The highest BCUT2D eigenvalue weighted by atomic mass is 19.4. The second kappa shape index (κ2) is 7.76. The third-order valence-corrected chi connectivity index (χ3v) is 4.21. The molecular weight excluding hydrogens is 347 g/mol. The highest BCUT2D eigenvalue weighted by Gasteiger charge is 2.32. The van der Waals surface area contributed by atoms with Crippen LogP contribution in [0.2, 0.25) is 0 Å². The van der Waals surface area contributed by atoms with Gasteiger partial charge in [0.05, 0.1) is 17.6 Å². The predicted molar refractivity (Wildman–Crippen MR) is 92.7 cm³/mol. The number of carbonyl (C=O) groups excluding carboxylic acids is 1. The van der Waals surface area contributed by atoms with Gasteiger partial charge in [-0.25, -0.2) is 0 Å². The molecule has 0 aliphatic heterocycles. The van der Waals surface area contributed by atoms with Crippen LogP contribution in [0.25, 0.3) is 0 Å². The second-order valence-electron chi connectivity index (χ2n) is 7.77. The molecule has 1 aromatic carbocycles.